The van der Waals surface area contributed by atoms with Crippen LogP contribution in [0.25, 0.3) is 49.5 Å². The molecule has 6 heteroatoms. The monoisotopic (exact) mass is 597 g/mol. The third-order valence-electron chi connectivity index (χ3n) is 6.91. The number of aromatic nitrogens is 3. The number of carbonyl (C=O) groups excluding carboxylic acids is 1. The second kappa shape index (κ2) is 18.5. The maximum atomic E-state index is 11.0. The van der Waals surface area contributed by atoms with Crippen LogP contribution in [0.5, 0.6) is 0 Å². The van der Waals surface area contributed by atoms with Crippen LogP contribution >= 0.6 is 0 Å². The number of fused-ring (bicyclic) bond motifs is 4. The Balaban J connectivity index is 0.000000338. The maximum absolute atomic E-state index is 11.0. The van der Waals surface area contributed by atoms with E-state index in [0.29, 0.717) is 5.69 Å². The van der Waals surface area contributed by atoms with Gasteiger partial charge in [0.15, 0.2) is 6.29 Å². The molecule has 0 saturated heterocycles. The highest BCUT2D eigenvalue weighted by molar-refractivity contribution is 6.16. The molecule has 2 N–H and O–H groups in total. The van der Waals surface area contributed by atoms with Crippen LogP contribution in [0.15, 0.2) is 127 Å². The van der Waals surface area contributed by atoms with E-state index in [1.807, 2.05) is 62.5 Å². The van der Waals surface area contributed by atoms with Crippen LogP contribution in [0.3, 0.4) is 0 Å². The molecule has 0 aliphatic heterocycles. The molecular weight excluding hydrogens is 554 g/mol. The highest BCUT2D eigenvalue weighted by Crippen LogP contribution is 2.38. The first kappa shape index (κ1) is 34.3. The van der Waals surface area contributed by atoms with Gasteiger partial charge < -0.3 is 10.3 Å². The minimum absolute atomic E-state index is 0.424. The summed E-state index contributed by atoms with van der Waals surface area (Å²) in [5.74, 6) is 0. The number of nitrogens with zero attached hydrogens (tertiary/aromatic N) is 4. The molecule has 3 aromatic carbocycles. The quantitative estimate of drug-likeness (QED) is 0.0819. The third kappa shape index (κ3) is 8.46. The molecule has 6 aromatic rings. The highest BCUT2D eigenvalue weighted by Gasteiger charge is 2.16. The first-order chi connectivity index (χ1) is 22.2. The number of benzene rings is 3. The zero-order valence-corrected chi connectivity index (χ0v) is 26.7. The zero-order valence-electron chi connectivity index (χ0n) is 26.7. The molecule has 6 rings (SSSR count). The van der Waals surface area contributed by atoms with Crippen LogP contribution in [-0.4, -0.2) is 34.6 Å². The smallest absolute Gasteiger partial charge is 0.168 e. The van der Waals surface area contributed by atoms with Crippen molar-refractivity contribution >= 4 is 45.7 Å². The van der Waals surface area contributed by atoms with Gasteiger partial charge in [-0.15, -0.1) is 0 Å². The van der Waals surface area contributed by atoms with Crippen LogP contribution in [0, 0.1) is 0 Å². The van der Waals surface area contributed by atoms with Gasteiger partial charge in [-0.2, -0.15) is 0 Å². The van der Waals surface area contributed by atoms with Gasteiger partial charge in [0.1, 0.15) is 5.69 Å². The van der Waals surface area contributed by atoms with Crippen molar-refractivity contribution in [3.05, 3.63) is 127 Å². The highest BCUT2D eigenvalue weighted by atomic mass is 16.1. The standard InChI is InChI=1S/C27H17N3O.C9H15N.C2H6.CH5N/c31-17-20-12-13-21(16-28-20)30-25-10-4-2-7-23(25)27-22(8-5-11-26(27)30)19-14-18-6-1-3-9-24(18)29-15-19;1-3-4-5-6-7-8-9-10-2;2*1-2/h1-17H;6-9H,2-5H2,1H3;1-2H3;2H2,1H3/b;7-6-,9-8-;;. The summed E-state index contributed by atoms with van der Waals surface area (Å²) in [4.78, 5) is 23.6. The first-order valence-corrected chi connectivity index (χ1v) is 15.4. The molecule has 0 fully saturated rings. The van der Waals surface area contributed by atoms with Crippen molar-refractivity contribution in [3.8, 4) is 16.8 Å². The summed E-state index contributed by atoms with van der Waals surface area (Å²) < 4.78 is 2.20. The number of hydrogen-bond acceptors (Lipinski definition) is 5. The summed E-state index contributed by atoms with van der Waals surface area (Å²) in [6.45, 7) is 9.51. The van der Waals surface area contributed by atoms with E-state index >= 15 is 0 Å². The van der Waals surface area contributed by atoms with E-state index in [2.05, 4.69) is 93.5 Å². The lowest BCUT2D eigenvalue weighted by atomic mass is 9.99. The number of allylic oxidation sites excluding steroid dienone is 3. The predicted molar refractivity (Wildman–Crippen MR) is 194 cm³/mol. The summed E-state index contributed by atoms with van der Waals surface area (Å²) in [5, 5.41) is 3.46. The van der Waals surface area contributed by atoms with Crippen molar-refractivity contribution < 1.29 is 4.79 Å². The fourth-order valence-corrected chi connectivity index (χ4v) is 4.96. The van der Waals surface area contributed by atoms with Crippen LogP contribution in [0.1, 0.15) is 50.5 Å². The largest absolute Gasteiger partial charge is 0.333 e. The van der Waals surface area contributed by atoms with Crippen molar-refractivity contribution in [3.63, 3.8) is 0 Å². The molecule has 0 amide bonds. The van der Waals surface area contributed by atoms with Crippen molar-refractivity contribution in [1.29, 1.82) is 0 Å². The van der Waals surface area contributed by atoms with Gasteiger partial charge in [-0.1, -0.05) is 94.3 Å². The van der Waals surface area contributed by atoms with E-state index in [9.17, 15) is 4.79 Å². The Morgan fingerprint density at radius 1 is 0.867 bits per heavy atom. The van der Waals surface area contributed by atoms with Gasteiger partial charge in [0.05, 0.1) is 28.4 Å². The fraction of sp³-hybridized carbons (Fsp3) is 0.179. The van der Waals surface area contributed by atoms with E-state index in [1.165, 1.54) is 30.7 Å². The Bertz CT molecular complexity index is 1870. The normalized spacial score (nSPS) is 10.6. The molecule has 0 aliphatic carbocycles. The van der Waals surface area contributed by atoms with Gasteiger partial charge in [0.2, 0.25) is 0 Å². The summed E-state index contributed by atoms with van der Waals surface area (Å²) in [7, 11) is 1.50. The SMILES string of the molecule is C=N/C=C\C=C/CCCC.CC.CN.O=Cc1ccc(-n2c3ccccc3c3c(-c4cnc5ccccc5c4)cccc32)cn1. The summed E-state index contributed by atoms with van der Waals surface area (Å²) in [6, 6.07) is 28.8. The zero-order chi connectivity index (χ0) is 32.4. The molecule has 45 heavy (non-hydrogen) atoms. The first-order valence-electron chi connectivity index (χ1n) is 15.4. The number of aldehydes is 1. The molecule has 3 aromatic heterocycles. The minimum Gasteiger partial charge on any atom is -0.333 e. The molecule has 0 unspecified atom stereocenters. The number of rotatable bonds is 8. The number of hydrogen-bond donors (Lipinski definition) is 1. The van der Waals surface area contributed by atoms with Crippen LogP contribution < -0.4 is 5.73 Å². The van der Waals surface area contributed by atoms with Crippen molar-refractivity contribution in [2.45, 2.75) is 40.0 Å². The number of aliphatic imine (C=N–C) groups is 1. The van der Waals surface area contributed by atoms with Crippen LogP contribution in [0.4, 0.5) is 0 Å². The number of nitrogens with two attached hydrogens (primary N) is 1. The Morgan fingerprint density at radius 3 is 2.36 bits per heavy atom. The molecule has 230 valence electrons. The van der Waals surface area contributed by atoms with E-state index in [-0.39, 0.29) is 0 Å². The van der Waals surface area contributed by atoms with Gasteiger partial charge in [0, 0.05) is 34.1 Å². The lowest BCUT2D eigenvalue weighted by molar-refractivity contribution is 0.111. The topological polar surface area (TPSA) is 86.2 Å². The van der Waals surface area contributed by atoms with Crippen LogP contribution in [-0.2, 0) is 0 Å². The van der Waals surface area contributed by atoms with Gasteiger partial charge >= 0.3 is 0 Å². The van der Waals surface area contributed by atoms with E-state index in [4.69, 9.17) is 0 Å². The Hall–Kier alpha value is -5.20. The lowest BCUT2D eigenvalue weighted by Gasteiger charge is -2.09. The average molecular weight is 598 g/mol. The molecule has 0 aliphatic rings. The van der Waals surface area contributed by atoms with E-state index in [0.717, 1.165) is 51.5 Å². The second-order valence-corrected chi connectivity index (χ2v) is 9.62. The number of carbonyl (C=O) groups is 1. The average Bonchev–Trinajstić information content (AvgIpc) is 3.46. The van der Waals surface area contributed by atoms with Gasteiger partial charge in [-0.05, 0) is 68.2 Å². The molecule has 6 nitrogen and oxygen atoms in total. The predicted octanol–water partition coefficient (Wildman–Crippen LogP) is 9.75. The van der Waals surface area contributed by atoms with Gasteiger partial charge in [0.25, 0.3) is 0 Å². The second-order valence-electron chi connectivity index (χ2n) is 9.62. The lowest BCUT2D eigenvalue weighted by Crippen LogP contribution is -1.96. The molecule has 0 saturated carbocycles. The van der Waals surface area contributed by atoms with Gasteiger partial charge in [-0.3, -0.25) is 19.8 Å². The Morgan fingerprint density at radius 2 is 1.62 bits per heavy atom. The summed E-state index contributed by atoms with van der Waals surface area (Å²) >= 11 is 0. The van der Waals surface area contributed by atoms with Crippen LogP contribution in [0.2, 0.25) is 0 Å². The third-order valence-corrected chi connectivity index (χ3v) is 6.91. The molecule has 0 spiro atoms. The van der Waals surface area contributed by atoms with E-state index < -0.39 is 0 Å². The number of pyridine rings is 2. The summed E-state index contributed by atoms with van der Waals surface area (Å²) in [6.07, 6.45) is 15.9. The van der Waals surface area contributed by atoms with Crippen molar-refractivity contribution in [1.82, 2.24) is 14.5 Å². The van der Waals surface area contributed by atoms with E-state index in [1.54, 1.807) is 18.5 Å². The fourth-order valence-electron chi connectivity index (χ4n) is 4.96. The van der Waals surface area contributed by atoms with Gasteiger partial charge in [-0.25, -0.2) is 0 Å². The summed E-state index contributed by atoms with van der Waals surface area (Å²) in [5.41, 5.74) is 11.2. The Kier molecular flexibility index (Phi) is 14.1. The van der Waals surface area contributed by atoms with Crippen molar-refractivity contribution in [2.24, 2.45) is 10.7 Å². The Labute approximate surface area is 266 Å². The molecule has 3 heterocycles. The molecule has 0 atom stereocenters. The molecule has 0 bridgehead atoms. The van der Waals surface area contributed by atoms with Crippen molar-refractivity contribution in [2.75, 3.05) is 7.05 Å². The minimum atomic E-state index is 0.424. The number of unbranched alkanes of at least 4 members (excludes halogenated alkanes) is 2. The maximum Gasteiger partial charge on any atom is 0.168 e. The molecular formula is C39H43N5O. The number of para-hydroxylation sites is 2. The molecule has 0 radical (unpaired) electrons.